The Morgan fingerprint density at radius 2 is 1.97 bits per heavy atom. The molecular weight excluding hydrogens is 425 g/mol. The molecular formula is C17H11Cl2N5O5. The number of fused-ring (bicyclic) bond motifs is 1. The van der Waals surface area contributed by atoms with E-state index < -0.39 is 29.2 Å². The number of aromatic nitrogens is 1. The summed E-state index contributed by atoms with van der Waals surface area (Å²) in [5.74, 6) is -1.84. The van der Waals surface area contributed by atoms with Gasteiger partial charge in [-0.1, -0.05) is 23.2 Å². The molecule has 2 aromatic carbocycles. The van der Waals surface area contributed by atoms with Crippen LogP contribution in [0.2, 0.25) is 10.0 Å². The van der Waals surface area contributed by atoms with Crippen molar-refractivity contribution in [3.63, 3.8) is 0 Å². The second-order valence-corrected chi connectivity index (χ2v) is 6.55. The number of carbonyl (C=O) groups is 2. The summed E-state index contributed by atoms with van der Waals surface area (Å²) in [7, 11) is 0. The molecule has 0 saturated carbocycles. The average Bonchev–Trinajstić information content (AvgIpc) is 2.98. The maximum absolute atomic E-state index is 12.1. The van der Waals surface area contributed by atoms with Gasteiger partial charge in [0.2, 0.25) is 5.88 Å². The first kappa shape index (κ1) is 20.2. The summed E-state index contributed by atoms with van der Waals surface area (Å²) in [5, 5.41) is 30.9. The Morgan fingerprint density at radius 3 is 2.66 bits per heavy atom. The quantitative estimate of drug-likeness (QED) is 0.312. The van der Waals surface area contributed by atoms with Crippen molar-refractivity contribution >= 4 is 57.3 Å². The van der Waals surface area contributed by atoms with Crippen LogP contribution in [0.5, 0.6) is 5.88 Å². The highest BCUT2D eigenvalue weighted by Crippen LogP contribution is 2.37. The van der Waals surface area contributed by atoms with E-state index in [-0.39, 0.29) is 27.3 Å². The Bertz CT molecular complexity index is 1170. The molecule has 0 spiro atoms. The molecule has 0 bridgehead atoms. The highest BCUT2D eigenvalue weighted by Gasteiger charge is 2.16. The van der Waals surface area contributed by atoms with E-state index >= 15 is 0 Å². The van der Waals surface area contributed by atoms with Crippen LogP contribution in [0.15, 0.2) is 46.6 Å². The largest absolute Gasteiger partial charge is 0.493 e. The number of hydrogen-bond donors (Lipinski definition) is 3. The molecule has 0 unspecified atom stereocenters. The van der Waals surface area contributed by atoms with Crippen LogP contribution in [0.4, 0.5) is 11.4 Å². The normalized spacial score (nSPS) is 11.1. The maximum atomic E-state index is 12.1. The number of hydrogen-bond acceptors (Lipinski definition) is 6. The monoisotopic (exact) mass is 435 g/mol. The number of aromatic hydroxyl groups is 1. The fraction of sp³-hybridized carbons (Fsp3) is 0.0588. The van der Waals surface area contributed by atoms with Crippen molar-refractivity contribution in [3.8, 4) is 5.88 Å². The number of amides is 2. The van der Waals surface area contributed by atoms with Crippen molar-refractivity contribution in [2.24, 2.45) is 10.2 Å². The van der Waals surface area contributed by atoms with Crippen molar-refractivity contribution in [2.45, 2.75) is 0 Å². The summed E-state index contributed by atoms with van der Waals surface area (Å²) in [6.07, 6.45) is 0. The zero-order valence-corrected chi connectivity index (χ0v) is 15.9. The van der Waals surface area contributed by atoms with Crippen LogP contribution in [0.3, 0.4) is 0 Å². The van der Waals surface area contributed by atoms with Crippen LogP contribution in [-0.2, 0) is 4.79 Å². The van der Waals surface area contributed by atoms with E-state index in [1.807, 2.05) is 0 Å². The van der Waals surface area contributed by atoms with Gasteiger partial charge in [-0.15, -0.1) is 10.2 Å². The first-order valence-corrected chi connectivity index (χ1v) is 8.68. The maximum Gasteiger partial charge on any atom is 0.283 e. The van der Waals surface area contributed by atoms with Gasteiger partial charge in [0.1, 0.15) is 6.54 Å². The van der Waals surface area contributed by atoms with Crippen molar-refractivity contribution in [1.29, 1.82) is 0 Å². The van der Waals surface area contributed by atoms with Gasteiger partial charge >= 0.3 is 0 Å². The van der Waals surface area contributed by atoms with Gasteiger partial charge in [-0.3, -0.25) is 19.7 Å². The average molecular weight is 436 g/mol. The summed E-state index contributed by atoms with van der Waals surface area (Å²) in [6.45, 7) is -0.482. The molecule has 0 aliphatic carbocycles. The van der Waals surface area contributed by atoms with Gasteiger partial charge in [0, 0.05) is 22.5 Å². The number of H-pyrrole nitrogens is 1. The van der Waals surface area contributed by atoms with E-state index in [4.69, 9.17) is 23.2 Å². The second kappa shape index (κ2) is 8.25. The molecule has 29 heavy (non-hydrogen) atoms. The topological polar surface area (TPSA) is 150 Å². The highest BCUT2D eigenvalue weighted by atomic mass is 35.5. The van der Waals surface area contributed by atoms with Gasteiger partial charge in [-0.05, 0) is 24.3 Å². The van der Waals surface area contributed by atoms with Crippen molar-refractivity contribution in [1.82, 2.24) is 10.3 Å². The number of nitro groups is 1. The van der Waals surface area contributed by atoms with Gasteiger partial charge in [0.05, 0.1) is 21.0 Å². The predicted octanol–water partition coefficient (Wildman–Crippen LogP) is 4.13. The molecule has 2 amide bonds. The summed E-state index contributed by atoms with van der Waals surface area (Å²) < 4.78 is 0. The molecule has 0 atom stereocenters. The third-order valence-corrected chi connectivity index (χ3v) is 4.33. The summed E-state index contributed by atoms with van der Waals surface area (Å²) in [5.41, 5.74) is 0.151. The standard InChI is InChI=1S/C17H11Cl2N5O5/c18-8-1-3-10(12(19)5-8)16(26)20-7-14(25)22-23-15-11-6-9(24(28)29)2-4-13(11)21-17(15)27/h1-6,21,27H,7H2,(H,20,26). The highest BCUT2D eigenvalue weighted by molar-refractivity contribution is 6.36. The minimum Gasteiger partial charge on any atom is -0.493 e. The number of aromatic amines is 1. The van der Waals surface area contributed by atoms with Gasteiger partial charge in [-0.25, -0.2) is 0 Å². The molecule has 148 valence electrons. The smallest absolute Gasteiger partial charge is 0.283 e. The lowest BCUT2D eigenvalue weighted by Crippen LogP contribution is -2.28. The number of nitrogens with zero attached hydrogens (tertiary/aromatic N) is 3. The number of nitro benzene ring substituents is 1. The molecule has 0 saturated heterocycles. The molecule has 3 aromatic rings. The first-order valence-electron chi connectivity index (χ1n) is 7.93. The summed E-state index contributed by atoms with van der Waals surface area (Å²) >= 11 is 11.7. The Morgan fingerprint density at radius 1 is 1.21 bits per heavy atom. The minimum absolute atomic E-state index is 0.120. The Labute approximate surface area is 172 Å². The van der Waals surface area contributed by atoms with Gasteiger partial charge in [0.15, 0.2) is 5.69 Å². The van der Waals surface area contributed by atoms with Crippen molar-refractivity contribution in [3.05, 3.63) is 62.1 Å². The van der Waals surface area contributed by atoms with Gasteiger partial charge in [0.25, 0.3) is 17.5 Å². The number of rotatable bonds is 5. The van der Waals surface area contributed by atoms with E-state index in [1.165, 1.54) is 36.4 Å². The van der Waals surface area contributed by atoms with E-state index in [9.17, 15) is 24.8 Å². The van der Waals surface area contributed by atoms with Crippen molar-refractivity contribution in [2.75, 3.05) is 6.54 Å². The third-order valence-electron chi connectivity index (χ3n) is 3.78. The lowest BCUT2D eigenvalue weighted by Gasteiger charge is -2.04. The number of non-ortho nitro benzene ring substituents is 1. The van der Waals surface area contributed by atoms with Crippen LogP contribution in [0, 0.1) is 10.1 Å². The molecule has 0 aliphatic rings. The van der Waals surface area contributed by atoms with Gasteiger partial charge in [-0.2, -0.15) is 0 Å². The minimum atomic E-state index is -0.817. The van der Waals surface area contributed by atoms with Crippen LogP contribution in [0.25, 0.3) is 10.9 Å². The zero-order valence-electron chi connectivity index (χ0n) is 14.3. The molecule has 0 fully saturated rings. The molecule has 0 aliphatic heterocycles. The molecule has 1 heterocycles. The van der Waals surface area contributed by atoms with E-state index in [2.05, 4.69) is 20.5 Å². The molecule has 3 N–H and O–H groups in total. The van der Waals surface area contributed by atoms with Gasteiger partial charge < -0.3 is 15.4 Å². The number of carbonyl (C=O) groups excluding carboxylic acids is 2. The fourth-order valence-corrected chi connectivity index (χ4v) is 2.93. The summed E-state index contributed by atoms with van der Waals surface area (Å²) in [4.78, 5) is 36.9. The molecule has 12 heteroatoms. The van der Waals surface area contributed by atoms with Crippen LogP contribution in [-0.4, -0.2) is 33.4 Å². The third kappa shape index (κ3) is 4.50. The zero-order chi connectivity index (χ0) is 21.1. The molecule has 0 radical (unpaired) electrons. The predicted molar refractivity (Wildman–Crippen MR) is 105 cm³/mol. The van der Waals surface area contributed by atoms with E-state index in [1.54, 1.807) is 0 Å². The Kier molecular flexibility index (Phi) is 5.76. The second-order valence-electron chi connectivity index (χ2n) is 5.71. The Hall–Kier alpha value is -3.50. The number of nitrogens with one attached hydrogen (secondary N) is 2. The number of benzene rings is 2. The van der Waals surface area contributed by atoms with E-state index in [0.717, 1.165) is 0 Å². The molecule has 3 rings (SSSR count). The summed E-state index contributed by atoms with van der Waals surface area (Å²) in [6, 6.07) is 8.10. The SMILES string of the molecule is O=C(CNC(=O)c1ccc(Cl)cc1Cl)N=Nc1c(O)[nH]c2ccc([N+](=O)[O-])cc12. The lowest BCUT2D eigenvalue weighted by molar-refractivity contribution is -0.384. The number of azo groups is 1. The van der Waals surface area contributed by atoms with E-state index in [0.29, 0.717) is 10.5 Å². The number of halogens is 2. The van der Waals surface area contributed by atoms with Crippen LogP contribution in [0.1, 0.15) is 10.4 Å². The first-order chi connectivity index (χ1) is 13.8. The molecule has 1 aromatic heterocycles. The van der Waals surface area contributed by atoms with Crippen LogP contribution < -0.4 is 5.32 Å². The Balaban J connectivity index is 1.72. The van der Waals surface area contributed by atoms with Crippen LogP contribution >= 0.6 is 23.2 Å². The van der Waals surface area contributed by atoms with Crippen molar-refractivity contribution < 1.29 is 19.6 Å². The fourth-order valence-electron chi connectivity index (χ4n) is 2.43. The molecule has 10 nitrogen and oxygen atoms in total. The lowest BCUT2D eigenvalue weighted by atomic mass is 10.2.